The summed E-state index contributed by atoms with van der Waals surface area (Å²) < 4.78 is 1.89. The van der Waals surface area contributed by atoms with Gasteiger partial charge in [0, 0.05) is 11.4 Å². The van der Waals surface area contributed by atoms with Gasteiger partial charge in [0.05, 0.1) is 24.1 Å². The van der Waals surface area contributed by atoms with Crippen LogP contribution < -0.4 is 5.32 Å². The first-order valence-corrected chi connectivity index (χ1v) is 9.45. The maximum atomic E-state index is 12.7. The Hall–Kier alpha value is -2.67. The summed E-state index contributed by atoms with van der Waals surface area (Å²) in [5.41, 5.74) is 1.80. The first-order chi connectivity index (χ1) is 12.6. The molecular weight excluding hydrogens is 348 g/mol. The molecule has 26 heavy (non-hydrogen) atoms. The number of carbonyl (C=O) groups is 2. The molecule has 2 heterocycles. The highest BCUT2D eigenvalue weighted by molar-refractivity contribution is 7.09. The number of nitrogens with one attached hydrogen (secondary N) is 1. The summed E-state index contributed by atoms with van der Waals surface area (Å²) in [6.07, 6.45) is 0. The molecule has 0 saturated heterocycles. The average molecular weight is 370 g/mol. The Balaban J connectivity index is 1.63. The van der Waals surface area contributed by atoms with E-state index in [1.807, 2.05) is 60.2 Å². The Morgan fingerprint density at radius 1 is 1.23 bits per heavy atom. The first kappa shape index (κ1) is 18.1. The van der Waals surface area contributed by atoms with Gasteiger partial charge in [-0.3, -0.25) is 9.59 Å². The summed E-state index contributed by atoms with van der Waals surface area (Å²) in [4.78, 5) is 32.0. The maximum Gasteiger partial charge on any atom is 0.243 e. The third-order valence-corrected chi connectivity index (χ3v) is 5.12. The van der Waals surface area contributed by atoms with Gasteiger partial charge in [0.25, 0.3) is 0 Å². The van der Waals surface area contributed by atoms with Crippen molar-refractivity contribution in [1.82, 2.24) is 19.8 Å². The van der Waals surface area contributed by atoms with Crippen LogP contribution >= 0.6 is 11.3 Å². The topological polar surface area (TPSA) is 67.2 Å². The predicted molar refractivity (Wildman–Crippen MR) is 103 cm³/mol. The number of thiophene rings is 1. The van der Waals surface area contributed by atoms with Crippen molar-refractivity contribution in [2.24, 2.45) is 0 Å². The van der Waals surface area contributed by atoms with Crippen molar-refractivity contribution in [3.05, 3.63) is 52.5 Å². The van der Waals surface area contributed by atoms with E-state index in [9.17, 15) is 9.59 Å². The molecule has 0 spiro atoms. The van der Waals surface area contributed by atoms with Crippen molar-refractivity contribution < 1.29 is 9.59 Å². The van der Waals surface area contributed by atoms with Gasteiger partial charge in [-0.05, 0) is 37.4 Å². The summed E-state index contributed by atoms with van der Waals surface area (Å²) >= 11 is 1.60. The van der Waals surface area contributed by atoms with Gasteiger partial charge in [-0.25, -0.2) is 4.98 Å². The zero-order chi connectivity index (χ0) is 18.5. The summed E-state index contributed by atoms with van der Waals surface area (Å²) in [5.74, 6) is 0.545. The smallest absolute Gasteiger partial charge is 0.243 e. The largest absolute Gasteiger partial charge is 0.350 e. The Labute approximate surface area is 156 Å². The molecule has 0 fully saturated rings. The molecule has 3 rings (SSSR count). The van der Waals surface area contributed by atoms with Crippen LogP contribution in [0.15, 0.2) is 41.8 Å². The summed E-state index contributed by atoms with van der Waals surface area (Å²) in [5, 5.41) is 4.84. The highest BCUT2D eigenvalue weighted by Gasteiger charge is 2.18. The summed E-state index contributed by atoms with van der Waals surface area (Å²) in [6, 6.07) is 11.7. The fourth-order valence-electron chi connectivity index (χ4n) is 2.84. The van der Waals surface area contributed by atoms with Crippen molar-refractivity contribution >= 4 is 34.2 Å². The number of amides is 2. The van der Waals surface area contributed by atoms with Gasteiger partial charge in [-0.15, -0.1) is 11.3 Å². The maximum absolute atomic E-state index is 12.7. The molecular formula is C19H22N4O2S. The highest BCUT2D eigenvalue weighted by Crippen LogP contribution is 2.15. The van der Waals surface area contributed by atoms with Gasteiger partial charge in [-0.2, -0.15) is 0 Å². The minimum atomic E-state index is -0.152. The first-order valence-electron chi connectivity index (χ1n) is 8.57. The van der Waals surface area contributed by atoms with Gasteiger partial charge in [-0.1, -0.05) is 18.2 Å². The van der Waals surface area contributed by atoms with Crippen LogP contribution in [0.1, 0.15) is 17.6 Å². The number of hydrogen-bond donors (Lipinski definition) is 1. The van der Waals surface area contributed by atoms with Gasteiger partial charge in [0.1, 0.15) is 12.4 Å². The molecule has 0 aliphatic carbocycles. The number of benzene rings is 1. The summed E-state index contributed by atoms with van der Waals surface area (Å²) in [6.45, 7) is 4.98. The number of aryl methyl sites for hydroxylation is 1. The molecule has 3 aromatic rings. The molecule has 0 unspecified atom stereocenters. The molecule has 2 aromatic heterocycles. The molecule has 7 heteroatoms. The van der Waals surface area contributed by atoms with Crippen molar-refractivity contribution in [3.8, 4) is 0 Å². The van der Waals surface area contributed by atoms with Crippen LogP contribution in [0.4, 0.5) is 0 Å². The SMILES string of the molecule is CCN(CC(=O)NCc1cccs1)C(=O)Cn1c(C)nc2ccccc21. The quantitative estimate of drug-likeness (QED) is 0.695. The van der Waals surface area contributed by atoms with E-state index in [1.54, 1.807) is 16.2 Å². The molecule has 0 radical (unpaired) electrons. The van der Waals surface area contributed by atoms with Crippen molar-refractivity contribution in [3.63, 3.8) is 0 Å². The Morgan fingerprint density at radius 3 is 2.77 bits per heavy atom. The Morgan fingerprint density at radius 2 is 2.04 bits per heavy atom. The number of nitrogens with zero attached hydrogens (tertiary/aromatic N) is 3. The van der Waals surface area contributed by atoms with Crippen LogP contribution in [0.2, 0.25) is 0 Å². The van der Waals surface area contributed by atoms with Crippen molar-refractivity contribution in [2.45, 2.75) is 26.9 Å². The molecule has 136 valence electrons. The van der Waals surface area contributed by atoms with Crippen molar-refractivity contribution in [2.75, 3.05) is 13.1 Å². The fourth-order valence-corrected chi connectivity index (χ4v) is 3.48. The van der Waals surface area contributed by atoms with Gasteiger partial charge >= 0.3 is 0 Å². The van der Waals surface area contributed by atoms with E-state index in [0.717, 1.165) is 21.7 Å². The van der Waals surface area contributed by atoms with E-state index in [0.29, 0.717) is 13.1 Å². The van der Waals surface area contributed by atoms with Gasteiger partial charge in [0.15, 0.2) is 0 Å². The lowest BCUT2D eigenvalue weighted by Crippen LogP contribution is -2.41. The molecule has 0 aliphatic heterocycles. The van der Waals surface area contributed by atoms with Crippen LogP contribution in [0.25, 0.3) is 11.0 Å². The Bertz CT molecular complexity index is 902. The van der Waals surface area contributed by atoms with Crippen LogP contribution in [0.5, 0.6) is 0 Å². The molecule has 0 atom stereocenters. The van der Waals surface area contributed by atoms with E-state index in [1.165, 1.54) is 0 Å². The lowest BCUT2D eigenvalue weighted by Gasteiger charge is -2.21. The molecule has 0 aliphatic rings. The number of aromatic nitrogens is 2. The monoisotopic (exact) mass is 370 g/mol. The lowest BCUT2D eigenvalue weighted by atomic mass is 10.3. The number of imidazole rings is 1. The third-order valence-electron chi connectivity index (χ3n) is 4.25. The van der Waals surface area contributed by atoms with Crippen LogP contribution in [-0.2, 0) is 22.7 Å². The zero-order valence-corrected chi connectivity index (χ0v) is 15.8. The Kier molecular flexibility index (Phi) is 5.68. The van der Waals surface area contributed by atoms with Crippen LogP contribution in [-0.4, -0.2) is 39.4 Å². The third kappa shape index (κ3) is 4.11. The zero-order valence-electron chi connectivity index (χ0n) is 14.9. The number of hydrogen-bond acceptors (Lipinski definition) is 4. The number of rotatable bonds is 7. The number of carbonyl (C=O) groups excluding carboxylic acids is 2. The molecule has 1 N–H and O–H groups in total. The van der Waals surface area contributed by atoms with E-state index in [2.05, 4.69) is 10.3 Å². The van der Waals surface area contributed by atoms with E-state index >= 15 is 0 Å². The second-order valence-corrected chi connectivity index (χ2v) is 7.03. The average Bonchev–Trinajstić information content (AvgIpc) is 3.26. The van der Waals surface area contributed by atoms with E-state index in [-0.39, 0.29) is 24.9 Å². The molecule has 1 aromatic carbocycles. The van der Waals surface area contributed by atoms with Gasteiger partial charge < -0.3 is 14.8 Å². The number of para-hydroxylation sites is 2. The minimum absolute atomic E-state index is 0.0619. The normalized spacial score (nSPS) is 10.8. The summed E-state index contributed by atoms with van der Waals surface area (Å²) in [7, 11) is 0. The number of fused-ring (bicyclic) bond motifs is 1. The molecule has 2 amide bonds. The standard InChI is InChI=1S/C19H22N4O2S/c1-3-22(12-18(24)20-11-15-7-6-10-26-15)19(25)13-23-14(2)21-16-8-4-5-9-17(16)23/h4-10H,3,11-13H2,1-2H3,(H,20,24). The van der Waals surface area contributed by atoms with Crippen LogP contribution in [0, 0.1) is 6.92 Å². The lowest BCUT2D eigenvalue weighted by molar-refractivity contribution is -0.136. The molecule has 0 saturated carbocycles. The highest BCUT2D eigenvalue weighted by atomic mass is 32.1. The van der Waals surface area contributed by atoms with Gasteiger partial charge in [0.2, 0.25) is 11.8 Å². The fraction of sp³-hybridized carbons (Fsp3) is 0.316. The van der Waals surface area contributed by atoms with Crippen molar-refractivity contribution in [1.29, 1.82) is 0 Å². The minimum Gasteiger partial charge on any atom is -0.350 e. The molecule has 6 nitrogen and oxygen atoms in total. The number of likely N-dealkylation sites (N-methyl/N-ethyl adjacent to an activating group) is 1. The van der Waals surface area contributed by atoms with Crippen LogP contribution in [0.3, 0.4) is 0 Å². The van der Waals surface area contributed by atoms with E-state index < -0.39 is 0 Å². The van der Waals surface area contributed by atoms with E-state index in [4.69, 9.17) is 0 Å². The molecule has 0 bridgehead atoms. The second-order valence-electron chi connectivity index (χ2n) is 6.00. The second kappa shape index (κ2) is 8.14. The predicted octanol–water partition coefficient (Wildman–Crippen LogP) is 2.57.